The van der Waals surface area contributed by atoms with Crippen LogP contribution in [0, 0.1) is 12.3 Å². The third-order valence-electron chi connectivity index (χ3n) is 6.60. The van der Waals surface area contributed by atoms with Crippen LogP contribution in [0.25, 0.3) is 33.5 Å². The Morgan fingerprint density at radius 1 is 1.14 bits per heavy atom. The van der Waals surface area contributed by atoms with E-state index < -0.39 is 0 Å². The largest absolute Gasteiger partial charge is 0.365 e. The summed E-state index contributed by atoms with van der Waals surface area (Å²) in [5.74, 6) is -0.371. The fourth-order valence-electron chi connectivity index (χ4n) is 4.80. The zero-order valence-electron chi connectivity index (χ0n) is 21.5. The Balaban J connectivity index is 1.50. The van der Waals surface area contributed by atoms with Gasteiger partial charge in [-0.15, -0.1) is 0 Å². The van der Waals surface area contributed by atoms with Gasteiger partial charge in [-0.2, -0.15) is 5.10 Å². The second-order valence-electron chi connectivity index (χ2n) is 10.5. The van der Waals surface area contributed by atoms with E-state index in [-0.39, 0.29) is 16.7 Å². The van der Waals surface area contributed by atoms with Crippen LogP contribution in [0.3, 0.4) is 0 Å². The summed E-state index contributed by atoms with van der Waals surface area (Å²) >= 11 is 1.55. The van der Waals surface area contributed by atoms with Crippen molar-refractivity contribution in [3.05, 3.63) is 65.2 Å². The molecule has 3 aromatic heterocycles. The second kappa shape index (κ2) is 8.81. The van der Waals surface area contributed by atoms with Crippen molar-refractivity contribution in [2.75, 3.05) is 0 Å². The lowest BCUT2D eigenvalue weighted by atomic mass is 9.95. The number of nitrogens with two attached hydrogens (primary N) is 1. The molecule has 4 heterocycles. The van der Waals surface area contributed by atoms with Gasteiger partial charge in [-0.3, -0.25) is 9.48 Å². The van der Waals surface area contributed by atoms with Crippen molar-refractivity contribution in [3.63, 3.8) is 0 Å². The Kier molecular flexibility index (Phi) is 5.90. The summed E-state index contributed by atoms with van der Waals surface area (Å²) in [7, 11) is 3.95. The van der Waals surface area contributed by atoms with Gasteiger partial charge in [0.2, 0.25) is 0 Å². The van der Waals surface area contributed by atoms with Crippen molar-refractivity contribution < 1.29 is 4.79 Å². The lowest BCUT2D eigenvalue weighted by Crippen LogP contribution is -2.35. The Labute approximate surface area is 215 Å². The summed E-state index contributed by atoms with van der Waals surface area (Å²) < 4.78 is 3.93. The van der Waals surface area contributed by atoms with E-state index in [1.165, 1.54) is 11.1 Å². The Hall–Kier alpha value is -3.59. The summed E-state index contributed by atoms with van der Waals surface area (Å²) in [6.07, 6.45) is 7.40. The fraction of sp³-hybridized carbons (Fsp3) is 0.333. The number of nitrogens with zero attached hydrogens (tertiary/aromatic N) is 6. The molecule has 0 spiro atoms. The maximum Gasteiger partial charge on any atom is 0.256 e. The molecule has 0 saturated heterocycles. The SMILES string of the molecule is Cc1cc(-c2ncnc3cc(-c4cnn(C)c4)n(C)c23)ccc1CN1C=C(C(N)=O)SC1C(C)(C)C. The molecule has 1 atom stereocenters. The van der Waals surface area contributed by atoms with Crippen LogP contribution in [0.15, 0.2) is 54.1 Å². The predicted molar refractivity (Wildman–Crippen MR) is 145 cm³/mol. The van der Waals surface area contributed by atoms with Crippen molar-refractivity contribution >= 4 is 28.7 Å². The van der Waals surface area contributed by atoms with E-state index in [2.05, 4.69) is 76.5 Å². The van der Waals surface area contributed by atoms with E-state index in [0.29, 0.717) is 11.4 Å². The molecule has 0 bridgehead atoms. The van der Waals surface area contributed by atoms with Crippen molar-refractivity contribution in [3.8, 4) is 22.5 Å². The number of amides is 1. The highest BCUT2D eigenvalue weighted by Gasteiger charge is 2.36. The van der Waals surface area contributed by atoms with E-state index in [0.717, 1.165) is 33.5 Å². The molecule has 36 heavy (non-hydrogen) atoms. The van der Waals surface area contributed by atoms with Crippen LogP contribution >= 0.6 is 11.8 Å². The number of aryl methyl sites for hydroxylation is 3. The zero-order valence-corrected chi connectivity index (χ0v) is 22.3. The fourth-order valence-corrected chi connectivity index (χ4v) is 5.97. The first-order chi connectivity index (χ1) is 17.0. The summed E-state index contributed by atoms with van der Waals surface area (Å²) in [6.45, 7) is 9.38. The van der Waals surface area contributed by atoms with E-state index in [4.69, 9.17) is 5.73 Å². The number of aromatic nitrogens is 5. The van der Waals surface area contributed by atoms with Crippen molar-refractivity contribution in [1.82, 2.24) is 29.2 Å². The van der Waals surface area contributed by atoms with Gasteiger partial charge in [-0.05, 0) is 35.6 Å². The monoisotopic (exact) mass is 501 g/mol. The molecule has 1 unspecified atom stereocenters. The molecule has 4 aromatic rings. The van der Waals surface area contributed by atoms with Crippen molar-refractivity contribution in [2.45, 2.75) is 39.6 Å². The molecule has 5 rings (SSSR count). The molecule has 8 nitrogen and oxygen atoms in total. The Bertz CT molecular complexity index is 1510. The lowest BCUT2D eigenvalue weighted by Gasteiger charge is -2.35. The maximum atomic E-state index is 11.9. The average molecular weight is 502 g/mol. The molecule has 0 saturated carbocycles. The number of rotatable bonds is 5. The number of fused-ring (bicyclic) bond motifs is 1. The maximum absolute atomic E-state index is 11.9. The number of thioether (sulfide) groups is 1. The van der Waals surface area contributed by atoms with Gasteiger partial charge < -0.3 is 15.2 Å². The minimum atomic E-state index is -0.371. The number of benzene rings is 1. The summed E-state index contributed by atoms with van der Waals surface area (Å²) in [4.78, 5) is 23.9. The number of hydrogen-bond donors (Lipinski definition) is 1. The standard InChI is InChI=1S/C27H31N7OS/c1-16-9-17(7-8-18(16)13-34-14-22(25(28)35)36-26(34)27(2,3)4)23-24-20(29-15-30-23)10-21(33(24)6)19-11-31-32(5)12-19/h7-12,14-15,26H,13H2,1-6H3,(H2,28,35). The highest BCUT2D eigenvalue weighted by molar-refractivity contribution is 8.04. The predicted octanol–water partition coefficient (Wildman–Crippen LogP) is 4.59. The van der Waals surface area contributed by atoms with Crippen LogP contribution < -0.4 is 5.73 Å². The highest BCUT2D eigenvalue weighted by atomic mass is 32.2. The smallest absolute Gasteiger partial charge is 0.256 e. The van der Waals surface area contributed by atoms with Gasteiger partial charge in [0.05, 0.1) is 38.9 Å². The molecule has 1 aliphatic heterocycles. The van der Waals surface area contributed by atoms with Crippen LogP contribution in [-0.2, 0) is 25.4 Å². The number of hydrogen-bond acceptors (Lipinski definition) is 6. The first kappa shape index (κ1) is 24.1. The number of carbonyl (C=O) groups is 1. The third kappa shape index (κ3) is 4.28. The minimum absolute atomic E-state index is 0.0166. The van der Waals surface area contributed by atoms with Gasteiger partial charge in [-0.1, -0.05) is 44.7 Å². The lowest BCUT2D eigenvalue weighted by molar-refractivity contribution is -0.113. The molecule has 0 radical (unpaired) electrons. The number of carbonyl (C=O) groups excluding carboxylic acids is 1. The van der Waals surface area contributed by atoms with Crippen LogP contribution in [0.1, 0.15) is 31.9 Å². The first-order valence-electron chi connectivity index (χ1n) is 11.9. The molecule has 186 valence electrons. The van der Waals surface area contributed by atoms with Gasteiger partial charge in [0, 0.05) is 44.2 Å². The molecule has 0 aliphatic carbocycles. The topological polar surface area (TPSA) is 94.9 Å². The molecule has 1 amide bonds. The average Bonchev–Trinajstić information content (AvgIpc) is 3.52. The number of primary amides is 1. The van der Waals surface area contributed by atoms with Crippen molar-refractivity contribution in [2.24, 2.45) is 25.2 Å². The van der Waals surface area contributed by atoms with E-state index in [1.807, 2.05) is 32.7 Å². The van der Waals surface area contributed by atoms with Gasteiger partial charge in [0.1, 0.15) is 6.33 Å². The highest BCUT2D eigenvalue weighted by Crippen LogP contribution is 2.43. The van der Waals surface area contributed by atoms with Crippen LogP contribution in [0.2, 0.25) is 0 Å². The van der Waals surface area contributed by atoms with Gasteiger partial charge in [0.15, 0.2) is 0 Å². The van der Waals surface area contributed by atoms with Gasteiger partial charge in [0.25, 0.3) is 5.91 Å². The second-order valence-corrected chi connectivity index (χ2v) is 11.6. The van der Waals surface area contributed by atoms with Crippen LogP contribution in [0.4, 0.5) is 0 Å². The zero-order chi connectivity index (χ0) is 25.8. The molecule has 1 aromatic carbocycles. The van der Waals surface area contributed by atoms with Gasteiger partial charge >= 0.3 is 0 Å². The van der Waals surface area contributed by atoms with Gasteiger partial charge in [-0.25, -0.2) is 9.97 Å². The van der Waals surface area contributed by atoms with Crippen LogP contribution in [-0.4, -0.2) is 40.5 Å². The normalized spacial score (nSPS) is 16.1. The van der Waals surface area contributed by atoms with E-state index in [1.54, 1.807) is 22.8 Å². The molecular weight excluding hydrogens is 470 g/mol. The Morgan fingerprint density at radius 2 is 1.92 bits per heavy atom. The van der Waals surface area contributed by atoms with Crippen LogP contribution in [0.5, 0.6) is 0 Å². The Morgan fingerprint density at radius 3 is 2.56 bits per heavy atom. The summed E-state index contributed by atoms with van der Waals surface area (Å²) in [6, 6.07) is 8.54. The molecule has 0 fully saturated rings. The van der Waals surface area contributed by atoms with E-state index in [9.17, 15) is 4.79 Å². The molecule has 2 N–H and O–H groups in total. The summed E-state index contributed by atoms with van der Waals surface area (Å²) in [5, 5.41) is 4.45. The quantitative estimate of drug-likeness (QED) is 0.430. The first-order valence-corrected chi connectivity index (χ1v) is 12.7. The summed E-state index contributed by atoms with van der Waals surface area (Å²) in [5.41, 5.74) is 13.9. The van der Waals surface area contributed by atoms with E-state index >= 15 is 0 Å². The third-order valence-corrected chi connectivity index (χ3v) is 8.36. The molecular formula is C27H31N7OS. The van der Waals surface area contributed by atoms with Crippen molar-refractivity contribution in [1.29, 1.82) is 0 Å². The molecule has 1 aliphatic rings. The minimum Gasteiger partial charge on any atom is -0.365 e. The molecule has 9 heteroatoms.